The van der Waals surface area contributed by atoms with E-state index >= 15 is 0 Å². The van der Waals surface area contributed by atoms with Crippen molar-refractivity contribution in [1.29, 1.82) is 0 Å². The molecule has 1 aliphatic rings. The highest BCUT2D eigenvalue weighted by molar-refractivity contribution is 6.18. The Morgan fingerprint density at radius 2 is 1.79 bits per heavy atom. The smallest absolute Gasteiger partial charge is 0.341 e. The molecule has 0 radical (unpaired) electrons. The second-order valence-electron chi connectivity index (χ2n) is 5.63. The molecule has 3 N–H and O–H groups in total. The lowest BCUT2D eigenvalue weighted by atomic mass is 9.82. The molecule has 3 rings (SSSR count). The lowest BCUT2D eigenvalue weighted by molar-refractivity contribution is -0.119. The number of amides is 2. The van der Waals surface area contributed by atoms with Gasteiger partial charge >= 0.3 is 6.03 Å². The zero-order valence-electron chi connectivity index (χ0n) is 12.9. The van der Waals surface area contributed by atoms with Gasteiger partial charge in [-0.15, -0.1) is 0 Å². The van der Waals surface area contributed by atoms with E-state index in [2.05, 4.69) is 10.3 Å². The minimum atomic E-state index is -0.686. The molecule has 0 aliphatic carbocycles. The first kappa shape index (κ1) is 15.7. The summed E-state index contributed by atoms with van der Waals surface area (Å²) in [5.41, 5.74) is 1.60. The molecular weight excluding hydrogens is 308 g/mol. The Bertz CT molecular complexity index is 830. The van der Waals surface area contributed by atoms with Crippen LogP contribution in [0.2, 0.25) is 0 Å². The number of phenols is 2. The molecule has 0 spiro atoms. The molecule has 0 aromatic heterocycles. The van der Waals surface area contributed by atoms with Gasteiger partial charge in [0.25, 0.3) is 0 Å². The Balaban J connectivity index is 2.10. The van der Waals surface area contributed by atoms with Crippen LogP contribution in [-0.2, 0) is 4.79 Å². The highest BCUT2D eigenvalue weighted by atomic mass is 16.3. The summed E-state index contributed by atoms with van der Waals surface area (Å²) in [6.45, 7) is 1.44. The number of hydrogen-bond donors (Lipinski definition) is 3. The van der Waals surface area contributed by atoms with E-state index in [1.54, 1.807) is 18.2 Å². The molecule has 6 heteroatoms. The van der Waals surface area contributed by atoms with E-state index in [0.29, 0.717) is 16.8 Å². The average molecular weight is 324 g/mol. The molecule has 2 amide bonds. The number of aliphatic imine (C=N–C) groups is 1. The average Bonchev–Trinajstić information content (AvgIpc) is 2.57. The fraction of sp³-hybridized carbons (Fsp3) is 0.167. The van der Waals surface area contributed by atoms with Crippen LogP contribution in [0.3, 0.4) is 0 Å². The molecule has 0 saturated heterocycles. The molecule has 0 fully saturated rings. The molecule has 0 saturated carbocycles. The van der Waals surface area contributed by atoms with Gasteiger partial charge in [0.2, 0.25) is 0 Å². The van der Waals surface area contributed by atoms with Crippen molar-refractivity contribution >= 4 is 17.5 Å². The first-order chi connectivity index (χ1) is 11.5. The van der Waals surface area contributed by atoms with E-state index in [1.807, 2.05) is 18.2 Å². The summed E-state index contributed by atoms with van der Waals surface area (Å²) in [4.78, 5) is 28.3. The van der Waals surface area contributed by atoms with Crippen LogP contribution >= 0.6 is 0 Å². The van der Waals surface area contributed by atoms with Gasteiger partial charge in [-0.05, 0) is 30.2 Å². The van der Waals surface area contributed by atoms with Crippen molar-refractivity contribution in [2.75, 3.05) is 0 Å². The van der Waals surface area contributed by atoms with Gasteiger partial charge in [0.05, 0.1) is 17.7 Å². The first-order valence-corrected chi connectivity index (χ1v) is 7.44. The van der Waals surface area contributed by atoms with E-state index in [1.165, 1.54) is 19.1 Å². The van der Waals surface area contributed by atoms with Crippen LogP contribution in [0.5, 0.6) is 11.5 Å². The molecule has 0 bridgehead atoms. The number of carbonyl (C=O) groups excluding carboxylic acids is 2. The van der Waals surface area contributed by atoms with Crippen LogP contribution in [0.15, 0.2) is 53.5 Å². The maximum atomic E-state index is 12.3. The lowest BCUT2D eigenvalue weighted by Crippen LogP contribution is -2.44. The summed E-state index contributed by atoms with van der Waals surface area (Å²) in [6, 6.07) is 12.0. The molecule has 1 heterocycles. The number of aromatic hydroxyl groups is 2. The molecule has 1 aliphatic heterocycles. The Morgan fingerprint density at radius 1 is 1.08 bits per heavy atom. The Labute approximate surface area is 138 Å². The van der Waals surface area contributed by atoms with Crippen molar-refractivity contribution in [3.63, 3.8) is 0 Å². The molecule has 2 aromatic rings. The number of urea groups is 1. The molecule has 6 nitrogen and oxygen atoms in total. The molecular formula is C18H16N2O4. The fourth-order valence-corrected chi connectivity index (χ4v) is 2.88. The third kappa shape index (κ3) is 2.86. The van der Waals surface area contributed by atoms with E-state index in [4.69, 9.17) is 0 Å². The summed E-state index contributed by atoms with van der Waals surface area (Å²) >= 11 is 0. The van der Waals surface area contributed by atoms with Crippen LogP contribution in [0.1, 0.15) is 24.1 Å². The molecule has 2 unspecified atom stereocenters. The Hall–Kier alpha value is -3.15. The SMILES string of the molecule is CC(=O)C1C(c2ccccc2)=NC(=O)NC1c1ccc(O)c(O)c1. The van der Waals surface area contributed by atoms with Gasteiger partial charge in [-0.3, -0.25) is 4.79 Å². The van der Waals surface area contributed by atoms with Gasteiger partial charge in [0, 0.05) is 0 Å². The van der Waals surface area contributed by atoms with E-state index < -0.39 is 18.0 Å². The lowest BCUT2D eigenvalue weighted by Gasteiger charge is -2.31. The fourth-order valence-electron chi connectivity index (χ4n) is 2.88. The standard InChI is InChI=1S/C18H16N2O4/c1-10(21)15-16(11-5-3-2-4-6-11)19-18(24)20-17(15)12-7-8-13(22)14(23)9-12/h2-9,15,17,22-23H,1H3,(H,20,24). The zero-order chi connectivity index (χ0) is 17.3. The number of nitrogens with zero attached hydrogens (tertiary/aromatic N) is 1. The minimum absolute atomic E-state index is 0.157. The quantitative estimate of drug-likeness (QED) is 0.756. The number of rotatable bonds is 3. The minimum Gasteiger partial charge on any atom is -0.504 e. The predicted octanol–water partition coefficient (Wildman–Crippen LogP) is 2.56. The number of carbonyl (C=O) groups is 2. The topological polar surface area (TPSA) is 99.0 Å². The largest absolute Gasteiger partial charge is 0.504 e. The summed E-state index contributed by atoms with van der Waals surface area (Å²) in [5.74, 6) is -1.42. The number of nitrogens with one attached hydrogen (secondary N) is 1. The highest BCUT2D eigenvalue weighted by Crippen LogP contribution is 2.34. The number of phenolic OH excluding ortho intramolecular Hbond substituents is 2. The van der Waals surface area contributed by atoms with Gasteiger partial charge in [-0.2, -0.15) is 4.99 Å². The molecule has 122 valence electrons. The Morgan fingerprint density at radius 3 is 2.42 bits per heavy atom. The van der Waals surface area contributed by atoms with Gasteiger partial charge < -0.3 is 15.5 Å². The molecule has 2 aromatic carbocycles. The second-order valence-corrected chi connectivity index (χ2v) is 5.63. The molecule has 24 heavy (non-hydrogen) atoms. The van der Waals surface area contributed by atoms with Crippen LogP contribution in [-0.4, -0.2) is 27.7 Å². The van der Waals surface area contributed by atoms with E-state index in [-0.39, 0.29) is 17.3 Å². The van der Waals surface area contributed by atoms with Crippen molar-refractivity contribution < 1.29 is 19.8 Å². The normalized spacial score (nSPS) is 20.2. The van der Waals surface area contributed by atoms with Crippen molar-refractivity contribution in [2.24, 2.45) is 10.9 Å². The third-order valence-electron chi connectivity index (χ3n) is 4.00. The van der Waals surface area contributed by atoms with Crippen LogP contribution in [0.4, 0.5) is 4.79 Å². The molecule has 2 atom stereocenters. The van der Waals surface area contributed by atoms with Gasteiger partial charge in [0.15, 0.2) is 11.5 Å². The monoisotopic (exact) mass is 324 g/mol. The summed E-state index contributed by atoms with van der Waals surface area (Å²) in [7, 11) is 0. The highest BCUT2D eigenvalue weighted by Gasteiger charge is 2.37. The van der Waals surface area contributed by atoms with Crippen molar-refractivity contribution in [3.8, 4) is 11.5 Å². The summed E-state index contributed by atoms with van der Waals surface area (Å²) in [5, 5.41) is 21.9. The van der Waals surface area contributed by atoms with E-state index in [9.17, 15) is 19.8 Å². The van der Waals surface area contributed by atoms with Crippen molar-refractivity contribution in [2.45, 2.75) is 13.0 Å². The zero-order valence-corrected chi connectivity index (χ0v) is 12.9. The second kappa shape index (κ2) is 6.16. The first-order valence-electron chi connectivity index (χ1n) is 7.44. The van der Waals surface area contributed by atoms with Crippen molar-refractivity contribution in [3.05, 3.63) is 59.7 Å². The maximum Gasteiger partial charge on any atom is 0.341 e. The van der Waals surface area contributed by atoms with Crippen molar-refractivity contribution in [1.82, 2.24) is 5.32 Å². The maximum absolute atomic E-state index is 12.3. The number of hydrogen-bond acceptors (Lipinski definition) is 4. The predicted molar refractivity (Wildman–Crippen MR) is 88.2 cm³/mol. The summed E-state index contributed by atoms with van der Waals surface area (Å²) in [6.07, 6.45) is 0. The number of benzene rings is 2. The van der Waals surface area contributed by atoms with E-state index in [0.717, 1.165) is 0 Å². The summed E-state index contributed by atoms with van der Waals surface area (Å²) < 4.78 is 0. The number of ketones is 1. The third-order valence-corrected chi connectivity index (χ3v) is 4.00. The van der Waals surface area contributed by atoms with Crippen LogP contribution < -0.4 is 5.32 Å². The Kier molecular flexibility index (Phi) is 4.04. The van der Waals surface area contributed by atoms with Gasteiger partial charge in [0.1, 0.15) is 5.78 Å². The van der Waals surface area contributed by atoms with Crippen LogP contribution in [0, 0.1) is 5.92 Å². The van der Waals surface area contributed by atoms with Gasteiger partial charge in [-0.25, -0.2) is 4.79 Å². The number of Topliss-reactive ketones (excluding diaryl/α,β-unsaturated/α-hetero) is 1. The van der Waals surface area contributed by atoms with Crippen LogP contribution in [0.25, 0.3) is 0 Å². The van der Waals surface area contributed by atoms with Gasteiger partial charge in [-0.1, -0.05) is 36.4 Å².